The highest BCUT2D eigenvalue weighted by atomic mass is 16.6. The van der Waals surface area contributed by atoms with Crippen molar-refractivity contribution in [2.24, 2.45) is 28.6 Å². The SMILES string of the molecule is CC(=O)O[C@]1(C(C)=O)CC[C@@H]2[C@@H]3C=CC4=CC(=O)CC[C@]4(C)[C@@H]3CC[C@]21C. The molecule has 0 spiro atoms. The van der Waals surface area contributed by atoms with Crippen molar-refractivity contribution in [3.05, 3.63) is 23.8 Å². The van der Waals surface area contributed by atoms with E-state index in [-0.39, 0.29) is 28.4 Å². The molecule has 0 amide bonds. The zero-order chi connectivity index (χ0) is 19.6. The number of carbonyl (C=O) groups excluding carboxylic acids is 3. The van der Waals surface area contributed by atoms with E-state index in [2.05, 4.69) is 26.0 Å². The van der Waals surface area contributed by atoms with E-state index in [0.717, 1.165) is 25.7 Å². The smallest absolute Gasteiger partial charge is 0.303 e. The van der Waals surface area contributed by atoms with Crippen molar-refractivity contribution in [2.45, 2.75) is 71.8 Å². The summed E-state index contributed by atoms with van der Waals surface area (Å²) in [4.78, 5) is 36.5. The van der Waals surface area contributed by atoms with Gasteiger partial charge < -0.3 is 4.74 Å². The summed E-state index contributed by atoms with van der Waals surface area (Å²) in [6.45, 7) is 7.46. The van der Waals surface area contributed by atoms with E-state index in [9.17, 15) is 14.4 Å². The molecule has 2 fully saturated rings. The molecule has 0 saturated heterocycles. The van der Waals surface area contributed by atoms with Crippen molar-refractivity contribution in [1.29, 1.82) is 0 Å². The van der Waals surface area contributed by atoms with Crippen LogP contribution < -0.4 is 0 Å². The number of ketones is 2. The largest absolute Gasteiger partial charge is 0.451 e. The molecule has 0 N–H and O–H groups in total. The Bertz CT molecular complexity index is 777. The standard InChI is InChI=1S/C23H30O4/c1-14(24)23(27-15(2)25)12-9-20-18-6-5-16-13-17(26)7-10-21(16,3)19(18)8-11-22(20,23)4/h5-6,13,18-20H,7-12H2,1-4H3/t18-,19-,20-,21+,22-,23+/m1/s1. The number of rotatable bonds is 2. The van der Waals surface area contributed by atoms with Gasteiger partial charge in [0.1, 0.15) is 0 Å². The lowest BCUT2D eigenvalue weighted by Crippen LogP contribution is -2.58. The number of ether oxygens (including phenoxy) is 1. The molecule has 0 heterocycles. The lowest BCUT2D eigenvalue weighted by Gasteiger charge is -2.57. The molecule has 27 heavy (non-hydrogen) atoms. The van der Waals surface area contributed by atoms with Crippen LogP contribution in [-0.4, -0.2) is 23.1 Å². The Morgan fingerprint density at radius 3 is 2.44 bits per heavy atom. The minimum atomic E-state index is -0.984. The molecular weight excluding hydrogens is 340 g/mol. The van der Waals surface area contributed by atoms with Crippen molar-refractivity contribution in [2.75, 3.05) is 0 Å². The van der Waals surface area contributed by atoms with Crippen LogP contribution in [0.25, 0.3) is 0 Å². The molecular formula is C23H30O4. The summed E-state index contributed by atoms with van der Waals surface area (Å²) < 4.78 is 5.79. The van der Waals surface area contributed by atoms with Crippen LogP contribution in [-0.2, 0) is 19.1 Å². The van der Waals surface area contributed by atoms with Gasteiger partial charge in [-0.15, -0.1) is 0 Å². The third kappa shape index (κ3) is 2.37. The highest BCUT2D eigenvalue weighted by Gasteiger charge is 2.67. The molecule has 0 unspecified atom stereocenters. The highest BCUT2D eigenvalue weighted by molar-refractivity contribution is 5.92. The number of fused-ring (bicyclic) bond motifs is 5. The van der Waals surface area contributed by atoms with Gasteiger partial charge in [0.05, 0.1) is 0 Å². The van der Waals surface area contributed by atoms with Gasteiger partial charge in [0.25, 0.3) is 0 Å². The molecule has 2 saturated carbocycles. The maximum absolute atomic E-state index is 12.7. The first-order valence-corrected chi connectivity index (χ1v) is 10.3. The van der Waals surface area contributed by atoms with Crippen molar-refractivity contribution in [1.82, 2.24) is 0 Å². The first-order chi connectivity index (χ1) is 12.6. The average molecular weight is 370 g/mol. The van der Waals surface area contributed by atoms with E-state index in [1.54, 1.807) is 6.92 Å². The number of esters is 1. The first-order valence-electron chi connectivity index (χ1n) is 10.3. The topological polar surface area (TPSA) is 60.4 Å². The van der Waals surface area contributed by atoms with Gasteiger partial charge in [0.2, 0.25) is 0 Å². The van der Waals surface area contributed by atoms with Gasteiger partial charge >= 0.3 is 5.97 Å². The van der Waals surface area contributed by atoms with E-state index in [1.807, 2.05) is 6.08 Å². The number of Topliss-reactive ketones (excluding diaryl/α,β-unsaturated/α-hetero) is 1. The highest BCUT2D eigenvalue weighted by Crippen LogP contribution is 2.67. The number of hydrogen-bond donors (Lipinski definition) is 0. The van der Waals surface area contributed by atoms with Crippen molar-refractivity contribution >= 4 is 17.5 Å². The van der Waals surface area contributed by atoms with Crippen LogP contribution in [0.3, 0.4) is 0 Å². The molecule has 4 nitrogen and oxygen atoms in total. The third-order valence-corrected chi connectivity index (χ3v) is 8.52. The van der Waals surface area contributed by atoms with Gasteiger partial charge in [-0.05, 0) is 73.8 Å². The molecule has 0 radical (unpaired) electrons. The number of allylic oxidation sites excluding steroid dienone is 4. The van der Waals surface area contributed by atoms with Crippen LogP contribution in [0.5, 0.6) is 0 Å². The second-order valence-electron chi connectivity index (χ2n) is 9.60. The summed E-state index contributed by atoms with van der Waals surface area (Å²) >= 11 is 0. The van der Waals surface area contributed by atoms with Crippen molar-refractivity contribution in [3.8, 4) is 0 Å². The summed E-state index contributed by atoms with van der Waals surface area (Å²) in [6.07, 6.45) is 11.2. The van der Waals surface area contributed by atoms with Crippen LogP contribution in [0.4, 0.5) is 0 Å². The van der Waals surface area contributed by atoms with Gasteiger partial charge in [0, 0.05) is 18.8 Å². The third-order valence-electron chi connectivity index (χ3n) is 8.52. The van der Waals surface area contributed by atoms with Gasteiger partial charge in [-0.3, -0.25) is 14.4 Å². The quantitative estimate of drug-likeness (QED) is 0.684. The molecule has 0 aliphatic heterocycles. The van der Waals surface area contributed by atoms with Crippen LogP contribution in [0, 0.1) is 28.6 Å². The Hall–Kier alpha value is -1.71. The zero-order valence-corrected chi connectivity index (χ0v) is 16.8. The fraction of sp³-hybridized carbons (Fsp3) is 0.696. The maximum Gasteiger partial charge on any atom is 0.303 e. The average Bonchev–Trinajstić information content (AvgIpc) is 2.89. The minimum absolute atomic E-state index is 0.0176. The summed E-state index contributed by atoms with van der Waals surface area (Å²) in [6, 6.07) is 0. The molecule has 4 aliphatic rings. The second-order valence-corrected chi connectivity index (χ2v) is 9.60. The molecule has 4 aliphatic carbocycles. The lowest BCUT2D eigenvalue weighted by atomic mass is 9.48. The van der Waals surface area contributed by atoms with Gasteiger partial charge in [-0.2, -0.15) is 0 Å². The molecule has 4 rings (SSSR count). The van der Waals surface area contributed by atoms with Crippen molar-refractivity contribution in [3.63, 3.8) is 0 Å². The molecule has 0 bridgehead atoms. The molecule has 146 valence electrons. The van der Waals surface area contributed by atoms with E-state index in [1.165, 1.54) is 12.5 Å². The Labute approximate surface area is 161 Å². The van der Waals surface area contributed by atoms with Gasteiger partial charge in [-0.1, -0.05) is 26.0 Å². The fourth-order valence-electron chi connectivity index (χ4n) is 7.06. The molecule has 0 aromatic heterocycles. The fourth-order valence-corrected chi connectivity index (χ4v) is 7.06. The Kier molecular flexibility index (Phi) is 4.07. The Morgan fingerprint density at radius 1 is 1.07 bits per heavy atom. The second kappa shape index (κ2) is 5.89. The van der Waals surface area contributed by atoms with Gasteiger partial charge in [-0.25, -0.2) is 0 Å². The van der Waals surface area contributed by atoms with Crippen LogP contribution in [0.15, 0.2) is 23.8 Å². The summed E-state index contributed by atoms with van der Waals surface area (Å²) in [5.74, 6) is 1.03. The maximum atomic E-state index is 12.7. The van der Waals surface area contributed by atoms with Crippen LogP contribution in [0.2, 0.25) is 0 Å². The van der Waals surface area contributed by atoms with Crippen LogP contribution >= 0.6 is 0 Å². The Balaban J connectivity index is 1.75. The zero-order valence-electron chi connectivity index (χ0n) is 16.8. The predicted octanol–water partition coefficient (Wildman–Crippen LogP) is 4.19. The van der Waals surface area contributed by atoms with E-state index in [4.69, 9.17) is 4.74 Å². The summed E-state index contributed by atoms with van der Waals surface area (Å²) in [5.41, 5.74) is -0.0864. The summed E-state index contributed by atoms with van der Waals surface area (Å²) in [7, 11) is 0. The van der Waals surface area contributed by atoms with E-state index in [0.29, 0.717) is 30.6 Å². The van der Waals surface area contributed by atoms with E-state index >= 15 is 0 Å². The lowest BCUT2D eigenvalue weighted by molar-refractivity contribution is -0.185. The molecule has 0 aromatic carbocycles. The van der Waals surface area contributed by atoms with Crippen molar-refractivity contribution < 1.29 is 19.1 Å². The monoisotopic (exact) mass is 370 g/mol. The Morgan fingerprint density at radius 2 is 1.78 bits per heavy atom. The summed E-state index contributed by atoms with van der Waals surface area (Å²) in [5, 5.41) is 0. The molecule has 6 atom stereocenters. The van der Waals surface area contributed by atoms with E-state index < -0.39 is 5.60 Å². The molecule has 0 aromatic rings. The van der Waals surface area contributed by atoms with Gasteiger partial charge in [0.15, 0.2) is 17.2 Å². The van der Waals surface area contributed by atoms with Crippen LogP contribution in [0.1, 0.15) is 66.2 Å². The number of hydrogen-bond acceptors (Lipinski definition) is 4. The minimum Gasteiger partial charge on any atom is -0.451 e. The molecule has 4 heteroatoms. The normalized spacial score (nSPS) is 45.4. The predicted molar refractivity (Wildman–Crippen MR) is 102 cm³/mol. The first kappa shape index (κ1) is 18.6. The number of carbonyl (C=O) groups is 3.